The maximum Gasteiger partial charge on any atom is 0.351 e. The van der Waals surface area contributed by atoms with Gasteiger partial charge in [-0.3, -0.25) is 4.79 Å². The van der Waals surface area contributed by atoms with Crippen LogP contribution < -0.4 is 5.73 Å². The van der Waals surface area contributed by atoms with Crippen LogP contribution in [-0.4, -0.2) is 16.9 Å². The number of rotatable bonds is 4. The van der Waals surface area contributed by atoms with Crippen molar-refractivity contribution in [1.82, 2.24) is 0 Å². The molecule has 0 aliphatic rings. The Balaban J connectivity index is 2.72. The number of aliphatic carboxylic acids is 1. The number of carbonyl (C=O) groups is 2. The van der Waals surface area contributed by atoms with Gasteiger partial charge in [0.05, 0.1) is 0 Å². The summed E-state index contributed by atoms with van der Waals surface area (Å²) in [7, 11) is 0. The quantitative estimate of drug-likeness (QED) is 0.801. The zero-order chi connectivity index (χ0) is 12.8. The molecule has 0 atom stereocenters. The van der Waals surface area contributed by atoms with Crippen molar-refractivity contribution >= 4 is 29.4 Å². The van der Waals surface area contributed by atoms with E-state index in [1.54, 1.807) is 30.3 Å². The number of hydrogen-bond acceptors (Lipinski definition) is 3. The normalized spacial score (nSPS) is 11.7. The number of hydrogen-bond donors (Lipinski definition) is 2. The molecule has 0 saturated heterocycles. The van der Waals surface area contributed by atoms with E-state index >= 15 is 0 Å². The largest absolute Gasteiger partial charge is 0.477 e. The van der Waals surface area contributed by atoms with Gasteiger partial charge in [0.2, 0.25) is 0 Å². The van der Waals surface area contributed by atoms with E-state index in [1.807, 2.05) is 0 Å². The summed E-state index contributed by atoms with van der Waals surface area (Å²) in [6, 6.07) is 6.84. The summed E-state index contributed by atoms with van der Waals surface area (Å²) in [5.41, 5.74) is 5.39. The summed E-state index contributed by atoms with van der Waals surface area (Å²) in [6.45, 7) is 0. The van der Waals surface area contributed by atoms with Gasteiger partial charge >= 0.3 is 5.97 Å². The molecule has 0 heterocycles. The summed E-state index contributed by atoms with van der Waals surface area (Å²) < 4.78 is 0. The van der Waals surface area contributed by atoms with E-state index in [1.165, 1.54) is 6.08 Å². The average Bonchev–Trinajstić information content (AvgIpc) is 2.28. The van der Waals surface area contributed by atoms with Crippen LogP contribution in [0.5, 0.6) is 0 Å². The smallest absolute Gasteiger partial charge is 0.351 e. The first-order chi connectivity index (χ1) is 7.99. The molecule has 88 valence electrons. The Morgan fingerprint density at radius 2 is 1.82 bits per heavy atom. The molecule has 0 unspecified atom stereocenters. The molecule has 5 heteroatoms. The molecular formula is C12H10ClNO3. The molecule has 4 nitrogen and oxygen atoms in total. The molecule has 1 aromatic rings. The summed E-state index contributed by atoms with van der Waals surface area (Å²) >= 11 is 5.70. The molecule has 1 rings (SSSR count). The Morgan fingerprint density at radius 1 is 1.24 bits per heavy atom. The first kappa shape index (κ1) is 13.0. The van der Waals surface area contributed by atoms with Crippen molar-refractivity contribution in [3.63, 3.8) is 0 Å². The highest BCUT2D eigenvalue weighted by atomic mass is 35.5. The fourth-order valence-corrected chi connectivity index (χ4v) is 1.14. The van der Waals surface area contributed by atoms with Crippen LogP contribution in [0.4, 0.5) is 0 Å². The first-order valence-electron chi connectivity index (χ1n) is 4.67. The second kappa shape index (κ2) is 5.86. The zero-order valence-electron chi connectivity index (χ0n) is 8.76. The lowest BCUT2D eigenvalue weighted by atomic mass is 10.2. The zero-order valence-corrected chi connectivity index (χ0v) is 9.52. The fraction of sp³-hybridized carbons (Fsp3) is 0. The second-order valence-electron chi connectivity index (χ2n) is 3.19. The number of allylic oxidation sites excluding steroid dienone is 2. The van der Waals surface area contributed by atoms with E-state index < -0.39 is 17.4 Å². The number of benzene rings is 1. The summed E-state index contributed by atoms with van der Waals surface area (Å²) in [6.07, 6.45) is 3.64. The first-order valence-corrected chi connectivity index (χ1v) is 5.05. The summed E-state index contributed by atoms with van der Waals surface area (Å²) in [4.78, 5) is 21.6. The van der Waals surface area contributed by atoms with Crippen LogP contribution >= 0.6 is 11.6 Å². The molecule has 0 spiro atoms. The SMILES string of the molecule is N/C(=C\C(=O)/C=C/c1ccc(Cl)cc1)C(=O)O. The predicted octanol–water partition coefficient (Wildman–Crippen LogP) is 1.85. The average molecular weight is 252 g/mol. The van der Waals surface area contributed by atoms with Crippen molar-refractivity contribution < 1.29 is 14.7 Å². The standard InChI is InChI=1S/C12H10ClNO3/c13-9-4-1-8(2-5-9)3-6-10(15)7-11(14)12(16)17/h1-7H,14H2,(H,16,17)/b6-3+,11-7-. The van der Waals surface area contributed by atoms with Crippen molar-refractivity contribution in [1.29, 1.82) is 0 Å². The van der Waals surface area contributed by atoms with Gasteiger partial charge in [-0.1, -0.05) is 29.8 Å². The van der Waals surface area contributed by atoms with Crippen LogP contribution in [0.1, 0.15) is 5.56 Å². The van der Waals surface area contributed by atoms with E-state index in [0.717, 1.165) is 11.6 Å². The number of ketones is 1. The lowest BCUT2D eigenvalue weighted by Crippen LogP contribution is -2.11. The van der Waals surface area contributed by atoms with Crippen molar-refractivity contribution in [3.8, 4) is 0 Å². The number of carboxylic acid groups (broad SMARTS) is 1. The lowest BCUT2D eigenvalue weighted by Gasteiger charge is -1.93. The molecule has 0 aromatic heterocycles. The maximum atomic E-state index is 11.3. The van der Waals surface area contributed by atoms with Gasteiger partial charge in [-0.2, -0.15) is 0 Å². The molecule has 3 N–H and O–H groups in total. The van der Waals surface area contributed by atoms with Gasteiger partial charge in [0.15, 0.2) is 5.78 Å². The fourth-order valence-electron chi connectivity index (χ4n) is 1.02. The minimum atomic E-state index is -1.32. The third-order valence-electron chi connectivity index (χ3n) is 1.85. The van der Waals surface area contributed by atoms with Gasteiger partial charge in [0.25, 0.3) is 0 Å². The Hall–Kier alpha value is -2.07. The van der Waals surface area contributed by atoms with Gasteiger partial charge in [0, 0.05) is 11.1 Å². The van der Waals surface area contributed by atoms with Crippen LogP contribution in [0.2, 0.25) is 5.02 Å². The van der Waals surface area contributed by atoms with Crippen molar-refractivity contribution in [3.05, 3.63) is 52.7 Å². The number of carbonyl (C=O) groups excluding carboxylic acids is 1. The minimum absolute atomic E-state index is 0.486. The molecular weight excluding hydrogens is 242 g/mol. The molecule has 17 heavy (non-hydrogen) atoms. The van der Waals surface area contributed by atoms with Gasteiger partial charge in [0.1, 0.15) is 5.70 Å². The van der Waals surface area contributed by atoms with Crippen molar-refractivity contribution in [2.24, 2.45) is 5.73 Å². The molecule has 0 saturated carbocycles. The van der Waals surface area contributed by atoms with Crippen molar-refractivity contribution in [2.75, 3.05) is 0 Å². The summed E-state index contributed by atoms with van der Waals surface area (Å²) in [5.74, 6) is -1.81. The van der Waals surface area contributed by atoms with Crippen LogP contribution in [0.25, 0.3) is 6.08 Å². The molecule has 0 aliphatic carbocycles. The van der Waals surface area contributed by atoms with E-state index in [0.29, 0.717) is 5.02 Å². The molecule has 0 aliphatic heterocycles. The monoisotopic (exact) mass is 251 g/mol. The second-order valence-corrected chi connectivity index (χ2v) is 3.63. The van der Waals surface area contributed by atoms with Crippen LogP contribution in [0.15, 0.2) is 42.1 Å². The van der Waals surface area contributed by atoms with E-state index in [2.05, 4.69) is 0 Å². The highest BCUT2D eigenvalue weighted by Crippen LogP contribution is 2.10. The van der Waals surface area contributed by atoms with Crippen LogP contribution in [0, 0.1) is 0 Å². The third-order valence-corrected chi connectivity index (χ3v) is 2.11. The van der Waals surface area contributed by atoms with Crippen LogP contribution in [0.3, 0.4) is 0 Å². The molecule has 0 radical (unpaired) electrons. The summed E-state index contributed by atoms with van der Waals surface area (Å²) in [5, 5.41) is 9.06. The molecule has 0 amide bonds. The van der Waals surface area contributed by atoms with E-state index in [9.17, 15) is 9.59 Å². The van der Waals surface area contributed by atoms with Crippen molar-refractivity contribution in [2.45, 2.75) is 0 Å². The van der Waals surface area contributed by atoms with Crippen LogP contribution in [-0.2, 0) is 9.59 Å². The molecule has 0 fully saturated rings. The minimum Gasteiger partial charge on any atom is -0.477 e. The van der Waals surface area contributed by atoms with Gasteiger partial charge < -0.3 is 10.8 Å². The molecule has 0 bridgehead atoms. The number of nitrogens with two attached hydrogens (primary N) is 1. The number of halogens is 1. The van der Waals surface area contributed by atoms with Gasteiger partial charge in [-0.25, -0.2) is 4.79 Å². The predicted molar refractivity (Wildman–Crippen MR) is 65.4 cm³/mol. The van der Waals surface area contributed by atoms with E-state index in [4.69, 9.17) is 22.4 Å². The third kappa shape index (κ3) is 4.53. The maximum absolute atomic E-state index is 11.3. The highest BCUT2D eigenvalue weighted by Gasteiger charge is 2.02. The Labute approximate surface area is 103 Å². The van der Waals surface area contributed by atoms with Gasteiger partial charge in [-0.15, -0.1) is 0 Å². The Kier molecular flexibility index (Phi) is 4.48. The topological polar surface area (TPSA) is 80.4 Å². The van der Waals surface area contributed by atoms with Gasteiger partial charge in [-0.05, 0) is 23.8 Å². The van der Waals surface area contributed by atoms with E-state index in [-0.39, 0.29) is 0 Å². The lowest BCUT2D eigenvalue weighted by molar-refractivity contribution is -0.133. The number of carboxylic acids is 1. The molecule has 1 aromatic carbocycles. The highest BCUT2D eigenvalue weighted by molar-refractivity contribution is 6.30. The Bertz CT molecular complexity index is 489. The Morgan fingerprint density at radius 3 is 2.35 bits per heavy atom.